The minimum atomic E-state index is -0.244. The van der Waals surface area contributed by atoms with Gasteiger partial charge in [0.2, 0.25) is 0 Å². The van der Waals surface area contributed by atoms with Gasteiger partial charge in [-0.15, -0.1) is 0 Å². The van der Waals surface area contributed by atoms with Crippen molar-refractivity contribution in [2.24, 2.45) is 5.92 Å². The second-order valence-corrected chi connectivity index (χ2v) is 8.39. The Morgan fingerprint density at radius 2 is 1.73 bits per heavy atom. The first-order valence-electron chi connectivity index (χ1n) is 9.49. The molecule has 0 aliphatic carbocycles. The zero-order valence-corrected chi connectivity index (χ0v) is 16.7. The molecule has 1 heterocycles. The van der Waals surface area contributed by atoms with E-state index in [0.717, 1.165) is 31.1 Å². The molecule has 1 unspecified atom stereocenters. The molecule has 1 aliphatic heterocycles. The fraction of sp³-hybridized carbons (Fsp3) is 0.478. The lowest BCUT2D eigenvalue weighted by atomic mass is 9.90. The molecule has 26 heavy (non-hydrogen) atoms. The van der Waals surface area contributed by atoms with Crippen LogP contribution in [0, 0.1) is 5.92 Å². The third-order valence-corrected chi connectivity index (χ3v) is 4.97. The third-order valence-electron chi connectivity index (χ3n) is 4.97. The van der Waals surface area contributed by atoms with Crippen LogP contribution in [0.5, 0.6) is 11.5 Å². The van der Waals surface area contributed by atoms with E-state index in [1.54, 1.807) is 7.11 Å². The maximum Gasteiger partial charge on any atom is 0.162 e. The molecule has 0 spiro atoms. The maximum atomic E-state index is 6.14. The number of likely N-dealkylation sites (tertiary alicyclic amines) is 1. The lowest BCUT2D eigenvalue weighted by Crippen LogP contribution is -2.23. The molecular weight excluding hydrogens is 322 g/mol. The van der Waals surface area contributed by atoms with Crippen LogP contribution in [0.15, 0.2) is 48.5 Å². The van der Waals surface area contributed by atoms with Crippen molar-refractivity contribution in [3.05, 3.63) is 59.7 Å². The van der Waals surface area contributed by atoms with Crippen molar-refractivity contribution >= 4 is 0 Å². The molecule has 0 aromatic heterocycles. The average Bonchev–Trinajstić information content (AvgIpc) is 2.94. The van der Waals surface area contributed by atoms with E-state index in [2.05, 4.69) is 75.1 Å². The van der Waals surface area contributed by atoms with Gasteiger partial charge in [0.1, 0.15) is 5.60 Å². The van der Waals surface area contributed by atoms with Gasteiger partial charge < -0.3 is 9.47 Å². The van der Waals surface area contributed by atoms with Gasteiger partial charge in [-0.1, -0.05) is 43.3 Å². The second-order valence-electron chi connectivity index (χ2n) is 8.39. The maximum absolute atomic E-state index is 6.14. The number of ether oxygens (including phenoxy) is 2. The summed E-state index contributed by atoms with van der Waals surface area (Å²) in [5, 5.41) is 0. The first-order chi connectivity index (χ1) is 12.4. The van der Waals surface area contributed by atoms with Crippen molar-refractivity contribution < 1.29 is 9.47 Å². The molecule has 3 nitrogen and oxygen atoms in total. The van der Waals surface area contributed by atoms with E-state index in [4.69, 9.17) is 9.47 Å². The predicted molar refractivity (Wildman–Crippen MR) is 107 cm³/mol. The molecule has 1 fully saturated rings. The van der Waals surface area contributed by atoms with E-state index >= 15 is 0 Å². The lowest BCUT2D eigenvalue weighted by molar-refractivity contribution is 0.125. The molecular formula is C23H31NO2. The van der Waals surface area contributed by atoms with E-state index in [1.165, 1.54) is 11.1 Å². The number of methoxy groups -OCH3 is 1. The molecule has 0 saturated carbocycles. The van der Waals surface area contributed by atoms with Gasteiger partial charge in [-0.25, -0.2) is 0 Å². The van der Waals surface area contributed by atoms with Crippen LogP contribution < -0.4 is 9.47 Å². The van der Waals surface area contributed by atoms with Gasteiger partial charge in [-0.2, -0.15) is 0 Å². The summed E-state index contributed by atoms with van der Waals surface area (Å²) in [4.78, 5) is 2.55. The molecule has 1 saturated heterocycles. The van der Waals surface area contributed by atoms with E-state index in [1.807, 2.05) is 6.07 Å². The SMILES string of the molecule is COc1ccc(C2CN(Cc3ccccc3)C[C@@H]2C)cc1OC(C)(C)C. The first kappa shape index (κ1) is 18.8. The minimum Gasteiger partial charge on any atom is -0.493 e. The zero-order chi connectivity index (χ0) is 18.7. The summed E-state index contributed by atoms with van der Waals surface area (Å²) < 4.78 is 11.6. The van der Waals surface area contributed by atoms with Crippen molar-refractivity contribution in [2.75, 3.05) is 20.2 Å². The molecule has 3 rings (SSSR count). The second kappa shape index (κ2) is 7.71. The number of hydrogen-bond donors (Lipinski definition) is 0. The van der Waals surface area contributed by atoms with Crippen LogP contribution in [0.1, 0.15) is 44.7 Å². The highest BCUT2D eigenvalue weighted by atomic mass is 16.5. The van der Waals surface area contributed by atoms with Crippen molar-refractivity contribution in [3.8, 4) is 11.5 Å². The summed E-state index contributed by atoms with van der Waals surface area (Å²) in [5.41, 5.74) is 2.48. The van der Waals surface area contributed by atoms with Crippen LogP contribution >= 0.6 is 0 Å². The van der Waals surface area contributed by atoms with E-state index < -0.39 is 0 Å². The molecule has 3 heteroatoms. The van der Waals surface area contributed by atoms with Gasteiger partial charge >= 0.3 is 0 Å². The molecule has 2 aromatic rings. The lowest BCUT2D eigenvalue weighted by Gasteiger charge is -2.24. The van der Waals surface area contributed by atoms with Crippen LogP contribution in [0.2, 0.25) is 0 Å². The molecule has 0 amide bonds. The average molecular weight is 354 g/mol. The third kappa shape index (κ3) is 4.59. The van der Waals surface area contributed by atoms with Crippen LogP contribution in [0.3, 0.4) is 0 Å². The number of benzene rings is 2. The van der Waals surface area contributed by atoms with Gasteiger partial charge in [-0.3, -0.25) is 4.90 Å². The van der Waals surface area contributed by atoms with Crippen LogP contribution in [-0.2, 0) is 6.54 Å². The van der Waals surface area contributed by atoms with Crippen LogP contribution in [0.25, 0.3) is 0 Å². The van der Waals surface area contributed by atoms with Crippen molar-refractivity contribution in [3.63, 3.8) is 0 Å². The van der Waals surface area contributed by atoms with Gasteiger partial charge in [-0.05, 0) is 49.9 Å². The fourth-order valence-corrected chi connectivity index (χ4v) is 3.81. The van der Waals surface area contributed by atoms with E-state index in [-0.39, 0.29) is 5.60 Å². The molecule has 2 aromatic carbocycles. The standard InChI is InChI=1S/C23H31NO2/c1-17-14-24(15-18-9-7-6-8-10-18)16-20(17)19-11-12-21(25-5)22(13-19)26-23(2,3)4/h6-13,17,20H,14-16H2,1-5H3/t17-,20?/m0/s1. The predicted octanol–water partition coefficient (Wildman–Crippen LogP) is 5.11. The highest BCUT2D eigenvalue weighted by molar-refractivity contribution is 5.44. The molecule has 1 aliphatic rings. The topological polar surface area (TPSA) is 21.7 Å². The molecule has 2 atom stereocenters. The Kier molecular flexibility index (Phi) is 5.57. The Morgan fingerprint density at radius 1 is 1.00 bits per heavy atom. The minimum absolute atomic E-state index is 0.244. The Labute approximate surface area is 157 Å². The smallest absolute Gasteiger partial charge is 0.162 e. The summed E-state index contributed by atoms with van der Waals surface area (Å²) in [6.45, 7) is 11.8. The van der Waals surface area contributed by atoms with Gasteiger partial charge in [0, 0.05) is 25.6 Å². The summed E-state index contributed by atoms with van der Waals surface area (Å²) in [7, 11) is 1.70. The van der Waals surface area contributed by atoms with Crippen LogP contribution in [-0.4, -0.2) is 30.7 Å². The Bertz CT molecular complexity index is 721. The highest BCUT2D eigenvalue weighted by Crippen LogP contribution is 2.38. The monoisotopic (exact) mass is 353 g/mol. The summed E-state index contributed by atoms with van der Waals surface area (Å²) in [5.74, 6) is 2.78. The van der Waals surface area contributed by atoms with Crippen LogP contribution in [0.4, 0.5) is 0 Å². The largest absolute Gasteiger partial charge is 0.493 e. The Balaban J connectivity index is 1.77. The molecule has 0 N–H and O–H groups in total. The van der Waals surface area contributed by atoms with Gasteiger partial charge in [0.25, 0.3) is 0 Å². The number of rotatable bonds is 5. The summed E-state index contributed by atoms with van der Waals surface area (Å²) in [6.07, 6.45) is 0. The summed E-state index contributed by atoms with van der Waals surface area (Å²) >= 11 is 0. The van der Waals surface area contributed by atoms with E-state index in [0.29, 0.717) is 11.8 Å². The number of hydrogen-bond acceptors (Lipinski definition) is 3. The Hall–Kier alpha value is -2.00. The van der Waals surface area contributed by atoms with Crippen molar-refractivity contribution in [1.82, 2.24) is 4.90 Å². The normalized spacial score (nSPS) is 21.0. The summed E-state index contributed by atoms with van der Waals surface area (Å²) in [6, 6.07) is 17.1. The Morgan fingerprint density at radius 3 is 2.38 bits per heavy atom. The highest BCUT2D eigenvalue weighted by Gasteiger charge is 2.31. The zero-order valence-electron chi connectivity index (χ0n) is 16.7. The fourth-order valence-electron chi connectivity index (χ4n) is 3.81. The van der Waals surface area contributed by atoms with E-state index in [9.17, 15) is 0 Å². The molecule has 0 radical (unpaired) electrons. The molecule has 140 valence electrons. The van der Waals surface area contributed by atoms with Crippen molar-refractivity contribution in [2.45, 2.75) is 45.8 Å². The van der Waals surface area contributed by atoms with Crippen molar-refractivity contribution in [1.29, 1.82) is 0 Å². The molecule has 0 bridgehead atoms. The first-order valence-corrected chi connectivity index (χ1v) is 9.49. The number of nitrogens with zero attached hydrogens (tertiary/aromatic N) is 1. The van der Waals surface area contributed by atoms with Gasteiger partial charge in [0.05, 0.1) is 7.11 Å². The van der Waals surface area contributed by atoms with Gasteiger partial charge in [0.15, 0.2) is 11.5 Å². The quantitative estimate of drug-likeness (QED) is 0.746.